The molecule has 0 amide bonds. The second-order valence-electron chi connectivity index (χ2n) is 4.38. The zero-order valence-corrected chi connectivity index (χ0v) is 10.1. The molecule has 2 atom stereocenters. The van der Waals surface area contributed by atoms with E-state index in [2.05, 4.69) is 9.58 Å². The van der Waals surface area contributed by atoms with Crippen LogP contribution in [0, 0.1) is 12.0 Å². The lowest BCUT2D eigenvalue weighted by atomic mass is 9.91. The highest BCUT2D eigenvalue weighted by atomic mass is 16.8. The highest BCUT2D eigenvalue weighted by molar-refractivity contribution is 5.75. The number of hydrogen-bond donors (Lipinski definition) is 0. The van der Waals surface area contributed by atoms with E-state index in [1.54, 1.807) is 13.8 Å². The Labute approximate surface area is 99.6 Å². The Morgan fingerprint density at radius 2 is 2.18 bits per heavy atom. The Hall–Kier alpha value is -1.77. The molecule has 0 saturated carbocycles. The Morgan fingerprint density at radius 1 is 1.53 bits per heavy atom. The van der Waals surface area contributed by atoms with Crippen LogP contribution in [0.3, 0.4) is 0 Å². The summed E-state index contributed by atoms with van der Waals surface area (Å²) in [6.45, 7) is 12.0. The third-order valence-corrected chi connectivity index (χ3v) is 2.73. The summed E-state index contributed by atoms with van der Waals surface area (Å²) < 4.78 is 14.3. The monoisotopic (exact) mass is 241 g/mol. The van der Waals surface area contributed by atoms with E-state index in [0.29, 0.717) is 6.42 Å². The van der Waals surface area contributed by atoms with Crippen LogP contribution in [0.15, 0.2) is 0 Å². The van der Waals surface area contributed by atoms with Crippen molar-refractivity contribution in [3.8, 4) is 0 Å². The number of ether oxygens (including phenoxy) is 3. The number of nitrogens with zero attached hydrogens (tertiary/aromatic N) is 1. The zero-order chi connectivity index (χ0) is 13.1. The van der Waals surface area contributed by atoms with Gasteiger partial charge in [-0.1, -0.05) is 6.92 Å². The Morgan fingerprint density at radius 3 is 2.71 bits per heavy atom. The van der Waals surface area contributed by atoms with Gasteiger partial charge in [0.25, 0.3) is 6.10 Å². The highest BCUT2D eigenvalue weighted by Crippen LogP contribution is 2.23. The van der Waals surface area contributed by atoms with Gasteiger partial charge in [-0.25, -0.2) is 11.4 Å². The van der Waals surface area contributed by atoms with Gasteiger partial charge in [0, 0.05) is 0 Å². The third-order valence-electron chi connectivity index (χ3n) is 2.73. The molecule has 6 nitrogen and oxygen atoms in total. The van der Waals surface area contributed by atoms with Crippen molar-refractivity contribution in [2.45, 2.75) is 39.5 Å². The molecule has 0 spiro atoms. The minimum atomic E-state index is -1.03. The molecule has 1 aliphatic heterocycles. The fourth-order valence-electron chi connectivity index (χ4n) is 1.11. The largest absolute Gasteiger partial charge is 0.515 e. The SMILES string of the molecule is [C-]#[N+]C1OC(=O)OC1COC(=O)C(C)(C)CC. The first-order valence-electron chi connectivity index (χ1n) is 5.31. The highest BCUT2D eigenvalue weighted by Gasteiger charge is 2.43. The van der Waals surface area contributed by atoms with E-state index in [9.17, 15) is 9.59 Å². The summed E-state index contributed by atoms with van der Waals surface area (Å²) >= 11 is 0. The van der Waals surface area contributed by atoms with Gasteiger partial charge in [-0.2, -0.15) is 0 Å². The molecule has 94 valence electrons. The van der Waals surface area contributed by atoms with E-state index in [4.69, 9.17) is 16.0 Å². The minimum absolute atomic E-state index is 0.152. The van der Waals surface area contributed by atoms with Crippen molar-refractivity contribution >= 4 is 12.1 Å². The number of carbonyl (C=O) groups is 2. The van der Waals surface area contributed by atoms with Crippen LogP contribution in [0.5, 0.6) is 0 Å². The summed E-state index contributed by atoms with van der Waals surface area (Å²) in [6.07, 6.45) is -2.13. The number of rotatable bonds is 4. The third kappa shape index (κ3) is 3.09. The summed E-state index contributed by atoms with van der Waals surface area (Å²) in [5.74, 6) is -0.383. The molecule has 0 aromatic heterocycles. The molecule has 0 aromatic carbocycles. The second-order valence-corrected chi connectivity index (χ2v) is 4.38. The minimum Gasteiger partial charge on any atom is -0.461 e. The van der Waals surface area contributed by atoms with Crippen LogP contribution >= 0.6 is 0 Å². The number of hydrogen-bond acceptors (Lipinski definition) is 5. The summed E-state index contributed by atoms with van der Waals surface area (Å²) in [5, 5.41) is 0. The van der Waals surface area contributed by atoms with E-state index in [-0.39, 0.29) is 12.6 Å². The predicted molar refractivity (Wildman–Crippen MR) is 56.8 cm³/mol. The van der Waals surface area contributed by atoms with Crippen LogP contribution < -0.4 is 0 Å². The Bertz CT molecular complexity index is 357. The summed E-state index contributed by atoms with van der Waals surface area (Å²) in [7, 11) is 0. The van der Waals surface area contributed by atoms with Crippen LogP contribution in [-0.2, 0) is 19.0 Å². The summed E-state index contributed by atoms with van der Waals surface area (Å²) in [4.78, 5) is 25.5. The van der Waals surface area contributed by atoms with Crippen LogP contribution in [0.1, 0.15) is 27.2 Å². The van der Waals surface area contributed by atoms with Gasteiger partial charge in [0.2, 0.25) is 0 Å². The van der Waals surface area contributed by atoms with E-state index in [1.807, 2.05) is 6.92 Å². The van der Waals surface area contributed by atoms with Crippen LogP contribution in [0.2, 0.25) is 0 Å². The summed E-state index contributed by atoms with van der Waals surface area (Å²) in [6, 6.07) is 0. The Kier molecular flexibility index (Phi) is 3.94. The molecule has 1 heterocycles. The van der Waals surface area contributed by atoms with Gasteiger partial charge in [-0.3, -0.25) is 9.64 Å². The molecule has 0 radical (unpaired) electrons. The molecule has 1 aliphatic rings. The fourth-order valence-corrected chi connectivity index (χ4v) is 1.11. The van der Waals surface area contributed by atoms with Crippen LogP contribution in [-0.4, -0.2) is 31.1 Å². The second kappa shape index (κ2) is 5.04. The smallest absolute Gasteiger partial charge is 0.461 e. The lowest BCUT2D eigenvalue weighted by Gasteiger charge is -2.20. The van der Waals surface area contributed by atoms with Gasteiger partial charge in [0.1, 0.15) is 6.61 Å². The molecule has 6 heteroatoms. The number of carbonyl (C=O) groups excluding carboxylic acids is 2. The zero-order valence-electron chi connectivity index (χ0n) is 10.1. The van der Waals surface area contributed by atoms with Gasteiger partial charge in [0.15, 0.2) is 0 Å². The van der Waals surface area contributed by atoms with Crippen molar-refractivity contribution in [3.63, 3.8) is 0 Å². The standard InChI is InChI=1S/C11H15NO5/c1-5-11(2,3)9(13)15-6-7-8(12-4)17-10(14)16-7/h7-8H,5-6H2,1-3H3. The van der Waals surface area contributed by atoms with E-state index in [1.165, 1.54) is 0 Å². The first-order valence-corrected chi connectivity index (χ1v) is 5.31. The van der Waals surface area contributed by atoms with Crippen molar-refractivity contribution in [1.29, 1.82) is 0 Å². The summed E-state index contributed by atoms with van der Waals surface area (Å²) in [5.41, 5.74) is -0.586. The van der Waals surface area contributed by atoms with Crippen molar-refractivity contribution in [1.82, 2.24) is 0 Å². The van der Waals surface area contributed by atoms with Crippen molar-refractivity contribution in [2.75, 3.05) is 6.61 Å². The maximum Gasteiger partial charge on any atom is 0.515 e. The van der Waals surface area contributed by atoms with Gasteiger partial charge in [0.05, 0.1) is 5.41 Å². The van der Waals surface area contributed by atoms with Gasteiger partial charge >= 0.3 is 18.4 Å². The fraction of sp³-hybridized carbons (Fsp3) is 0.727. The molecule has 0 aliphatic carbocycles. The molecule has 0 N–H and O–H groups in total. The molecule has 1 rings (SSSR count). The van der Waals surface area contributed by atoms with Crippen LogP contribution in [0.25, 0.3) is 4.85 Å². The molecular weight excluding hydrogens is 226 g/mol. The van der Waals surface area contributed by atoms with Gasteiger partial charge in [-0.15, -0.1) is 0 Å². The Balaban J connectivity index is 2.49. The first kappa shape index (κ1) is 13.3. The molecule has 2 unspecified atom stereocenters. The van der Waals surface area contributed by atoms with E-state index >= 15 is 0 Å². The van der Waals surface area contributed by atoms with Crippen molar-refractivity contribution in [2.24, 2.45) is 5.41 Å². The maximum atomic E-state index is 11.6. The lowest BCUT2D eigenvalue weighted by Crippen LogP contribution is -2.32. The van der Waals surface area contributed by atoms with Crippen molar-refractivity contribution < 1.29 is 23.8 Å². The average molecular weight is 241 g/mol. The quantitative estimate of drug-likeness (QED) is 0.554. The van der Waals surface area contributed by atoms with Crippen LogP contribution in [0.4, 0.5) is 4.79 Å². The molecule has 1 saturated heterocycles. The average Bonchev–Trinajstić information content (AvgIpc) is 2.66. The van der Waals surface area contributed by atoms with Gasteiger partial charge in [-0.05, 0) is 20.3 Å². The molecular formula is C11H15NO5. The van der Waals surface area contributed by atoms with E-state index < -0.39 is 23.9 Å². The van der Waals surface area contributed by atoms with Gasteiger partial charge < -0.3 is 14.2 Å². The molecule has 1 fully saturated rings. The topological polar surface area (TPSA) is 66.2 Å². The predicted octanol–water partition coefficient (Wildman–Crippen LogP) is 1.75. The molecule has 17 heavy (non-hydrogen) atoms. The van der Waals surface area contributed by atoms with Crippen molar-refractivity contribution in [3.05, 3.63) is 11.4 Å². The van der Waals surface area contributed by atoms with E-state index in [0.717, 1.165) is 0 Å². The molecule has 0 aromatic rings. The maximum absolute atomic E-state index is 11.6. The lowest BCUT2D eigenvalue weighted by molar-refractivity contribution is -0.156. The molecule has 0 bridgehead atoms. The first-order chi connectivity index (χ1) is 7.90. The number of esters is 1. The normalized spacial score (nSPS) is 23.5. The number of cyclic esters (lactones) is 2.